The van der Waals surface area contributed by atoms with Gasteiger partial charge in [0.15, 0.2) is 0 Å². The number of hydrogen-bond acceptors (Lipinski definition) is 5. The first-order valence-electron chi connectivity index (χ1n) is 36.9. The van der Waals surface area contributed by atoms with Crippen molar-refractivity contribution >= 4 is 11.9 Å². The molecule has 0 rings (SSSR count). The molecule has 482 valence electrons. The molecular weight excluding hydrogens is 1010 g/mol. The third-order valence-electron chi connectivity index (χ3n) is 17.1. The second-order valence-electron chi connectivity index (χ2n) is 25.3. The van der Waals surface area contributed by atoms with E-state index in [2.05, 4.69) is 67.8 Å². The minimum atomic E-state index is -0.661. The van der Waals surface area contributed by atoms with Crippen molar-refractivity contribution in [2.45, 2.75) is 411 Å². The Morgan fingerprint density at radius 2 is 0.610 bits per heavy atom. The minimum absolute atomic E-state index is 0.00537. The van der Waals surface area contributed by atoms with Gasteiger partial charge in [0.1, 0.15) is 0 Å². The smallest absolute Gasteiger partial charge is 0.305 e. The molecule has 0 radical (unpaired) electrons. The Hall–Kier alpha value is -2.18. The monoisotopic (exact) mass is 1150 g/mol. The van der Waals surface area contributed by atoms with Crippen LogP contribution < -0.4 is 5.32 Å². The lowest BCUT2D eigenvalue weighted by Gasteiger charge is -2.22. The van der Waals surface area contributed by atoms with E-state index in [4.69, 9.17) is 4.74 Å². The van der Waals surface area contributed by atoms with Gasteiger partial charge < -0.3 is 20.3 Å². The van der Waals surface area contributed by atoms with E-state index >= 15 is 0 Å². The van der Waals surface area contributed by atoms with Crippen molar-refractivity contribution in [3.63, 3.8) is 0 Å². The van der Waals surface area contributed by atoms with E-state index < -0.39 is 12.1 Å². The fraction of sp³-hybridized carbons (Fsp3) is 0.868. The fourth-order valence-corrected chi connectivity index (χ4v) is 11.5. The van der Waals surface area contributed by atoms with Gasteiger partial charge in [-0.15, -0.1) is 0 Å². The van der Waals surface area contributed by atoms with Gasteiger partial charge in [0, 0.05) is 12.8 Å². The summed E-state index contributed by atoms with van der Waals surface area (Å²) >= 11 is 0. The van der Waals surface area contributed by atoms with Gasteiger partial charge in [-0.2, -0.15) is 0 Å². The maximum absolute atomic E-state index is 12.5. The quantitative estimate of drug-likeness (QED) is 0.0320. The molecule has 0 aromatic rings. The summed E-state index contributed by atoms with van der Waals surface area (Å²) < 4.78 is 5.49. The lowest BCUT2D eigenvalue weighted by molar-refractivity contribution is -0.143. The molecule has 0 aliphatic rings. The zero-order valence-corrected chi connectivity index (χ0v) is 55.2. The molecule has 0 bridgehead atoms. The number of unbranched alkanes of at least 4 members (excludes halogenated alkanes) is 50. The van der Waals surface area contributed by atoms with Gasteiger partial charge in [-0.1, -0.05) is 345 Å². The van der Waals surface area contributed by atoms with Crippen molar-refractivity contribution in [1.82, 2.24) is 5.32 Å². The van der Waals surface area contributed by atoms with Crippen molar-refractivity contribution in [3.8, 4) is 0 Å². The highest BCUT2D eigenvalue weighted by Crippen LogP contribution is 2.19. The van der Waals surface area contributed by atoms with Crippen LogP contribution in [0, 0.1) is 0 Å². The predicted octanol–water partition coefficient (Wildman–Crippen LogP) is 24.0. The number of allylic oxidation sites excluding steroid dienone is 8. The maximum Gasteiger partial charge on any atom is 0.305 e. The molecule has 0 spiro atoms. The lowest BCUT2D eigenvalue weighted by Crippen LogP contribution is -2.45. The van der Waals surface area contributed by atoms with Crippen LogP contribution in [0.2, 0.25) is 0 Å². The van der Waals surface area contributed by atoms with Crippen LogP contribution in [0.4, 0.5) is 0 Å². The number of ether oxygens (including phenoxy) is 1. The first-order chi connectivity index (χ1) is 40.5. The largest absolute Gasteiger partial charge is 0.466 e. The molecule has 0 aromatic carbocycles. The first-order valence-corrected chi connectivity index (χ1v) is 36.9. The highest BCUT2D eigenvalue weighted by molar-refractivity contribution is 5.76. The molecule has 0 saturated carbocycles. The van der Waals surface area contributed by atoms with Crippen molar-refractivity contribution in [3.05, 3.63) is 48.6 Å². The van der Waals surface area contributed by atoms with Crippen molar-refractivity contribution in [1.29, 1.82) is 0 Å². The number of carbonyl (C=O) groups is 2. The molecule has 1 amide bonds. The van der Waals surface area contributed by atoms with Gasteiger partial charge in [0.2, 0.25) is 5.91 Å². The molecule has 2 unspecified atom stereocenters. The van der Waals surface area contributed by atoms with Crippen LogP contribution in [0.3, 0.4) is 0 Å². The molecular formula is C76H143NO5. The summed E-state index contributed by atoms with van der Waals surface area (Å²) in [6.07, 6.45) is 93.3. The summed E-state index contributed by atoms with van der Waals surface area (Å²) in [6.45, 7) is 4.95. The molecule has 0 heterocycles. The molecule has 82 heavy (non-hydrogen) atoms. The summed E-state index contributed by atoms with van der Waals surface area (Å²) in [6, 6.07) is -0.539. The maximum atomic E-state index is 12.5. The first kappa shape index (κ1) is 79.8. The average Bonchev–Trinajstić information content (AvgIpc) is 3.48. The van der Waals surface area contributed by atoms with Crippen molar-refractivity contribution < 1.29 is 24.5 Å². The Balaban J connectivity index is 3.35. The van der Waals surface area contributed by atoms with Gasteiger partial charge in [0.25, 0.3) is 0 Å². The summed E-state index contributed by atoms with van der Waals surface area (Å²) in [5.41, 5.74) is 0. The molecule has 6 heteroatoms. The molecule has 0 aliphatic carbocycles. The van der Waals surface area contributed by atoms with Gasteiger partial charge in [0.05, 0.1) is 25.4 Å². The number of aliphatic hydroxyl groups is 2. The summed E-state index contributed by atoms with van der Waals surface area (Å²) in [5, 5.41) is 23.3. The van der Waals surface area contributed by atoms with Crippen LogP contribution in [-0.4, -0.2) is 47.4 Å². The summed E-state index contributed by atoms with van der Waals surface area (Å²) in [4.78, 5) is 24.6. The number of rotatable bonds is 69. The Labute approximate surface area is 512 Å². The number of esters is 1. The van der Waals surface area contributed by atoms with E-state index in [-0.39, 0.29) is 18.5 Å². The number of aliphatic hydroxyl groups excluding tert-OH is 2. The molecule has 3 N–H and O–H groups in total. The Morgan fingerprint density at radius 1 is 0.341 bits per heavy atom. The number of amides is 1. The highest BCUT2D eigenvalue weighted by atomic mass is 16.5. The van der Waals surface area contributed by atoms with Gasteiger partial charge in [-0.25, -0.2) is 0 Å². The second kappa shape index (κ2) is 71.3. The van der Waals surface area contributed by atoms with Crippen LogP contribution in [-0.2, 0) is 14.3 Å². The van der Waals surface area contributed by atoms with E-state index in [0.29, 0.717) is 25.9 Å². The lowest BCUT2D eigenvalue weighted by atomic mass is 10.0. The van der Waals surface area contributed by atoms with Crippen LogP contribution in [0.1, 0.15) is 399 Å². The Kier molecular flexibility index (Phi) is 69.4. The average molecular weight is 1150 g/mol. The van der Waals surface area contributed by atoms with Crippen LogP contribution in [0.25, 0.3) is 0 Å². The Bertz CT molecular complexity index is 1370. The standard InChI is InChI=1S/C76H143NO5/c1-3-5-7-9-11-13-15-17-18-43-46-50-54-58-62-66-70-76(81)82-71-67-63-59-55-51-47-44-41-39-37-35-33-31-29-27-25-23-21-19-20-22-24-26-28-30-32-34-36-38-40-42-45-49-53-57-61-65-69-75(80)77-73(72-78)74(79)68-64-60-56-52-48-16-14-12-10-8-6-4-2/h13,15,18-19,21,25,27,43,73-74,78-79H,3-12,14,16-17,20,22-24,26,28-42,44-72H2,1-2H3,(H,77,80)/b15-13-,21-19-,27-25-,43-18-. The van der Waals surface area contributed by atoms with Crippen LogP contribution >= 0.6 is 0 Å². The third-order valence-corrected chi connectivity index (χ3v) is 17.1. The van der Waals surface area contributed by atoms with Crippen molar-refractivity contribution in [2.75, 3.05) is 13.2 Å². The van der Waals surface area contributed by atoms with E-state index in [9.17, 15) is 19.8 Å². The summed E-state index contributed by atoms with van der Waals surface area (Å²) in [7, 11) is 0. The minimum Gasteiger partial charge on any atom is -0.466 e. The van der Waals surface area contributed by atoms with Crippen LogP contribution in [0.5, 0.6) is 0 Å². The van der Waals surface area contributed by atoms with E-state index in [0.717, 1.165) is 57.8 Å². The topological polar surface area (TPSA) is 95.9 Å². The molecule has 0 saturated heterocycles. The normalized spacial score (nSPS) is 12.8. The summed E-state index contributed by atoms with van der Waals surface area (Å²) in [5.74, 6) is -0.0258. The number of nitrogens with one attached hydrogen (secondary N) is 1. The fourth-order valence-electron chi connectivity index (χ4n) is 11.5. The molecule has 0 aliphatic heterocycles. The van der Waals surface area contributed by atoms with E-state index in [1.165, 1.54) is 308 Å². The number of hydrogen-bond donors (Lipinski definition) is 3. The van der Waals surface area contributed by atoms with Gasteiger partial charge >= 0.3 is 5.97 Å². The Morgan fingerprint density at radius 3 is 0.939 bits per heavy atom. The molecule has 6 nitrogen and oxygen atoms in total. The predicted molar refractivity (Wildman–Crippen MR) is 361 cm³/mol. The zero-order chi connectivity index (χ0) is 59.2. The molecule has 2 atom stereocenters. The molecule has 0 fully saturated rings. The van der Waals surface area contributed by atoms with E-state index in [1.807, 2.05) is 0 Å². The van der Waals surface area contributed by atoms with E-state index in [1.54, 1.807) is 0 Å². The van der Waals surface area contributed by atoms with Gasteiger partial charge in [-0.3, -0.25) is 9.59 Å². The molecule has 0 aromatic heterocycles. The highest BCUT2D eigenvalue weighted by Gasteiger charge is 2.20. The van der Waals surface area contributed by atoms with Crippen LogP contribution in [0.15, 0.2) is 48.6 Å². The van der Waals surface area contributed by atoms with Crippen molar-refractivity contribution in [2.24, 2.45) is 0 Å². The zero-order valence-electron chi connectivity index (χ0n) is 55.2. The SMILES string of the molecule is CCCCCC/C=C\C/C=C\CCCCCCCC(=O)OCCCCCCCCCCCCCCC/C=C\C/C=C\CCCCCCCCCCCCCCCCCCCC(=O)NC(CO)C(O)CCCCCCCCCCCCCC. The third kappa shape index (κ3) is 67.0. The van der Waals surface area contributed by atoms with Gasteiger partial charge in [-0.05, 0) is 89.9 Å². The second-order valence-corrected chi connectivity index (χ2v) is 25.3. The number of carbonyl (C=O) groups excluding carboxylic acids is 2.